The molecule has 0 saturated heterocycles. The first-order valence-electron chi connectivity index (χ1n) is 7.41. The van der Waals surface area contributed by atoms with Crippen LogP contribution in [0.15, 0.2) is 73.3 Å². The molecule has 0 spiro atoms. The van der Waals surface area contributed by atoms with Gasteiger partial charge < -0.3 is 5.11 Å². The van der Waals surface area contributed by atoms with E-state index in [9.17, 15) is 5.11 Å². The summed E-state index contributed by atoms with van der Waals surface area (Å²) in [7, 11) is 0. The van der Waals surface area contributed by atoms with Gasteiger partial charge in [0, 0.05) is 12.5 Å². The van der Waals surface area contributed by atoms with Gasteiger partial charge in [-0.05, 0) is 24.0 Å². The number of aliphatic hydroxyl groups excluding tert-OH is 1. The summed E-state index contributed by atoms with van der Waals surface area (Å²) in [5, 5.41) is 13.5. The lowest BCUT2D eigenvalue weighted by Gasteiger charge is -2.22. The van der Waals surface area contributed by atoms with E-state index in [0.717, 1.165) is 18.4 Å². The number of nitrogens with one attached hydrogen (secondary N) is 1. The third-order valence-electron chi connectivity index (χ3n) is 3.48. The lowest BCUT2D eigenvalue weighted by atomic mass is 10.0. The maximum Gasteiger partial charge on any atom is 0.109 e. The molecule has 2 atom stereocenters. The Morgan fingerprint density at radius 3 is 1.95 bits per heavy atom. The third kappa shape index (κ3) is 5.54. The first-order valence-corrected chi connectivity index (χ1v) is 7.41. The summed E-state index contributed by atoms with van der Waals surface area (Å²) in [4.78, 5) is 0. The number of hydrogen-bond acceptors (Lipinski definition) is 2. The zero-order valence-corrected chi connectivity index (χ0v) is 12.3. The number of aliphatic hydroxyl groups is 1. The van der Waals surface area contributed by atoms with E-state index in [1.54, 1.807) is 0 Å². The van der Waals surface area contributed by atoms with E-state index >= 15 is 0 Å². The molecule has 2 rings (SSSR count). The molecule has 0 radical (unpaired) electrons. The molecular formula is C19H23NO. The van der Waals surface area contributed by atoms with Gasteiger partial charge in [-0.1, -0.05) is 66.7 Å². The fourth-order valence-corrected chi connectivity index (χ4v) is 2.48. The van der Waals surface area contributed by atoms with Crippen molar-refractivity contribution in [3.05, 3.63) is 84.4 Å². The van der Waals surface area contributed by atoms with Crippen molar-refractivity contribution >= 4 is 0 Å². The van der Waals surface area contributed by atoms with Crippen LogP contribution in [0.25, 0.3) is 0 Å². The molecule has 0 aromatic heterocycles. The fourth-order valence-electron chi connectivity index (χ4n) is 2.48. The number of benzene rings is 2. The van der Waals surface area contributed by atoms with Crippen LogP contribution in [0.5, 0.6) is 0 Å². The van der Waals surface area contributed by atoms with Crippen LogP contribution in [0.3, 0.4) is 0 Å². The average molecular weight is 281 g/mol. The van der Waals surface area contributed by atoms with Crippen LogP contribution in [0.4, 0.5) is 0 Å². The molecule has 2 nitrogen and oxygen atoms in total. The quantitative estimate of drug-likeness (QED) is 0.574. The minimum absolute atomic E-state index is 0.198. The normalized spacial score (nSPS) is 13.6. The molecule has 0 amide bonds. The zero-order chi connectivity index (χ0) is 14.9. The summed E-state index contributed by atoms with van der Waals surface area (Å²) in [5.41, 5.74) is 2.40. The molecule has 0 heterocycles. The molecule has 0 aliphatic heterocycles. The van der Waals surface area contributed by atoms with Crippen molar-refractivity contribution in [2.75, 3.05) is 0 Å². The molecule has 0 saturated carbocycles. The van der Waals surface area contributed by atoms with Crippen molar-refractivity contribution in [1.82, 2.24) is 5.32 Å². The second-order valence-corrected chi connectivity index (χ2v) is 5.28. The number of rotatable bonds is 8. The Bertz CT molecular complexity index is 524. The monoisotopic (exact) mass is 281 g/mol. The molecule has 2 N–H and O–H groups in total. The smallest absolute Gasteiger partial charge is 0.109 e. The van der Waals surface area contributed by atoms with Gasteiger partial charge >= 0.3 is 0 Å². The Balaban J connectivity index is 1.91. The van der Waals surface area contributed by atoms with Crippen molar-refractivity contribution in [2.45, 2.75) is 31.5 Å². The molecule has 2 heteroatoms. The van der Waals surface area contributed by atoms with Crippen LogP contribution >= 0.6 is 0 Å². The van der Waals surface area contributed by atoms with Crippen LogP contribution < -0.4 is 5.32 Å². The number of hydrogen-bond donors (Lipinski definition) is 2. The Morgan fingerprint density at radius 2 is 1.43 bits per heavy atom. The molecule has 0 bridgehead atoms. The fraction of sp³-hybridized carbons (Fsp3) is 0.263. The average Bonchev–Trinajstić information content (AvgIpc) is 2.49. The lowest BCUT2D eigenvalue weighted by molar-refractivity contribution is 0.122. The highest BCUT2D eigenvalue weighted by molar-refractivity contribution is 5.17. The Morgan fingerprint density at radius 1 is 0.905 bits per heavy atom. The molecule has 0 aliphatic carbocycles. The second kappa shape index (κ2) is 8.40. The van der Waals surface area contributed by atoms with Gasteiger partial charge in [0.15, 0.2) is 0 Å². The largest absolute Gasteiger partial charge is 0.378 e. The summed E-state index contributed by atoms with van der Waals surface area (Å²) in [5.74, 6) is 0. The van der Waals surface area contributed by atoms with Crippen molar-refractivity contribution in [3.8, 4) is 0 Å². The molecule has 2 aromatic carbocycles. The molecule has 110 valence electrons. The van der Waals surface area contributed by atoms with Gasteiger partial charge in [0.05, 0.1) is 0 Å². The first-order chi connectivity index (χ1) is 10.3. The summed E-state index contributed by atoms with van der Waals surface area (Å²) < 4.78 is 0. The SMILES string of the molecule is C=CCC(Cc1ccccc1)N[C@H](O)Cc1ccccc1. The van der Waals surface area contributed by atoms with Gasteiger partial charge in [-0.15, -0.1) is 6.58 Å². The third-order valence-corrected chi connectivity index (χ3v) is 3.48. The molecule has 21 heavy (non-hydrogen) atoms. The summed E-state index contributed by atoms with van der Waals surface area (Å²) in [6.45, 7) is 3.81. The van der Waals surface area contributed by atoms with Gasteiger partial charge in [0.25, 0.3) is 0 Å². The van der Waals surface area contributed by atoms with Gasteiger partial charge in [0.1, 0.15) is 6.23 Å². The maximum atomic E-state index is 10.2. The molecule has 1 unspecified atom stereocenters. The summed E-state index contributed by atoms with van der Waals surface area (Å²) in [6, 6.07) is 20.6. The molecular weight excluding hydrogens is 258 g/mol. The summed E-state index contributed by atoms with van der Waals surface area (Å²) >= 11 is 0. The highest BCUT2D eigenvalue weighted by atomic mass is 16.3. The van der Waals surface area contributed by atoms with E-state index in [-0.39, 0.29) is 6.04 Å². The highest BCUT2D eigenvalue weighted by Gasteiger charge is 2.13. The topological polar surface area (TPSA) is 32.3 Å². The van der Waals surface area contributed by atoms with Gasteiger partial charge in [-0.3, -0.25) is 5.32 Å². The lowest BCUT2D eigenvalue weighted by Crippen LogP contribution is -2.40. The van der Waals surface area contributed by atoms with Crippen LogP contribution in [-0.4, -0.2) is 17.4 Å². The Labute approximate surface area is 127 Å². The predicted octanol–water partition coefficient (Wildman–Crippen LogP) is 3.32. The predicted molar refractivity (Wildman–Crippen MR) is 88.0 cm³/mol. The van der Waals surface area contributed by atoms with Crippen molar-refractivity contribution in [2.24, 2.45) is 0 Å². The first kappa shape index (κ1) is 15.5. The van der Waals surface area contributed by atoms with Crippen LogP contribution in [0.2, 0.25) is 0 Å². The van der Waals surface area contributed by atoms with E-state index in [4.69, 9.17) is 0 Å². The van der Waals surface area contributed by atoms with Crippen molar-refractivity contribution < 1.29 is 5.11 Å². The van der Waals surface area contributed by atoms with Crippen LogP contribution in [-0.2, 0) is 12.8 Å². The van der Waals surface area contributed by atoms with E-state index < -0.39 is 6.23 Å². The zero-order valence-electron chi connectivity index (χ0n) is 12.3. The van der Waals surface area contributed by atoms with Crippen molar-refractivity contribution in [3.63, 3.8) is 0 Å². The van der Waals surface area contributed by atoms with Crippen LogP contribution in [0.1, 0.15) is 17.5 Å². The van der Waals surface area contributed by atoms with Gasteiger partial charge in [-0.2, -0.15) is 0 Å². The maximum absolute atomic E-state index is 10.2. The minimum atomic E-state index is -0.541. The van der Waals surface area contributed by atoms with E-state index in [1.165, 1.54) is 5.56 Å². The summed E-state index contributed by atoms with van der Waals surface area (Å²) in [6.07, 6.45) is 3.69. The van der Waals surface area contributed by atoms with Gasteiger partial charge in [0.2, 0.25) is 0 Å². The van der Waals surface area contributed by atoms with Gasteiger partial charge in [-0.25, -0.2) is 0 Å². The molecule has 0 aliphatic rings. The minimum Gasteiger partial charge on any atom is -0.378 e. The molecule has 0 fully saturated rings. The Hall–Kier alpha value is -1.90. The van der Waals surface area contributed by atoms with E-state index in [1.807, 2.05) is 54.6 Å². The Kier molecular flexibility index (Phi) is 6.20. The van der Waals surface area contributed by atoms with Crippen LogP contribution in [0, 0.1) is 0 Å². The standard InChI is InChI=1S/C19H23NO/c1-2-9-18(14-16-10-5-3-6-11-16)20-19(21)15-17-12-7-4-8-13-17/h2-8,10-13,18-21H,1,9,14-15H2/t18?,19-/m1/s1. The molecule has 2 aromatic rings. The van der Waals surface area contributed by atoms with Crippen molar-refractivity contribution in [1.29, 1.82) is 0 Å². The highest BCUT2D eigenvalue weighted by Crippen LogP contribution is 2.08. The van der Waals surface area contributed by atoms with E-state index in [2.05, 4.69) is 24.0 Å². The van der Waals surface area contributed by atoms with E-state index in [0.29, 0.717) is 6.42 Å². The second-order valence-electron chi connectivity index (χ2n) is 5.28.